The summed E-state index contributed by atoms with van der Waals surface area (Å²) in [7, 11) is 0. The number of hydrogen-bond donors (Lipinski definition) is 1. The van der Waals surface area contributed by atoms with Gasteiger partial charge in [0.05, 0.1) is 5.69 Å². The van der Waals surface area contributed by atoms with E-state index < -0.39 is 29.2 Å². The summed E-state index contributed by atoms with van der Waals surface area (Å²) in [5, 5.41) is 16.8. The molecule has 4 aromatic rings. The highest BCUT2D eigenvalue weighted by atomic mass is 32.1. The van der Waals surface area contributed by atoms with Crippen LogP contribution in [0.5, 0.6) is 0 Å². The molecule has 182 valence electrons. The second-order valence-electron chi connectivity index (χ2n) is 8.93. The molecule has 0 radical (unpaired) electrons. The van der Waals surface area contributed by atoms with Crippen LogP contribution in [-0.2, 0) is 16.1 Å². The number of halogens is 1. The summed E-state index contributed by atoms with van der Waals surface area (Å²) >= 11 is 1.30. The number of aromatic nitrogens is 4. The number of tetrazole rings is 1. The molecule has 0 aliphatic rings. The summed E-state index contributed by atoms with van der Waals surface area (Å²) in [6.07, 6.45) is 0. The van der Waals surface area contributed by atoms with Gasteiger partial charge in [-0.25, -0.2) is 4.39 Å². The molecule has 1 aromatic carbocycles. The van der Waals surface area contributed by atoms with Crippen LogP contribution in [0.25, 0.3) is 11.6 Å². The van der Waals surface area contributed by atoms with Crippen LogP contribution in [0.1, 0.15) is 37.5 Å². The Morgan fingerprint density at radius 1 is 1.17 bits per heavy atom. The Balaban J connectivity index is 1.72. The number of thiophene rings is 1. The number of amides is 2. The van der Waals surface area contributed by atoms with Gasteiger partial charge >= 0.3 is 0 Å². The predicted molar refractivity (Wildman–Crippen MR) is 129 cm³/mol. The lowest BCUT2D eigenvalue weighted by atomic mass is 10.1. The smallest absolute Gasteiger partial charge is 0.251 e. The third-order valence-corrected chi connectivity index (χ3v) is 5.81. The van der Waals surface area contributed by atoms with Crippen LogP contribution in [0.2, 0.25) is 0 Å². The van der Waals surface area contributed by atoms with Crippen molar-refractivity contribution < 1.29 is 18.4 Å². The third-order valence-electron chi connectivity index (χ3n) is 4.89. The van der Waals surface area contributed by atoms with E-state index >= 15 is 0 Å². The van der Waals surface area contributed by atoms with Crippen LogP contribution in [-0.4, -0.2) is 37.6 Å². The third kappa shape index (κ3) is 5.62. The van der Waals surface area contributed by atoms with Crippen molar-refractivity contribution in [1.29, 1.82) is 0 Å². The zero-order valence-corrected chi connectivity index (χ0v) is 20.5. The average Bonchev–Trinajstić information content (AvgIpc) is 3.53. The molecule has 0 aliphatic heterocycles. The molecule has 9 nitrogen and oxygen atoms in total. The van der Waals surface area contributed by atoms with Crippen molar-refractivity contribution in [3.05, 3.63) is 70.4 Å². The fourth-order valence-electron chi connectivity index (χ4n) is 3.48. The molecule has 1 N–H and O–H groups in total. The normalized spacial score (nSPS) is 12.4. The predicted octanol–water partition coefficient (Wildman–Crippen LogP) is 4.13. The first-order valence-corrected chi connectivity index (χ1v) is 11.8. The number of anilines is 1. The van der Waals surface area contributed by atoms with Gasteiger partial charge in [-0.15, -0.1) is 21.5 Å². The summed E-state index contributed by atoms with van der Waals surface area (Å²) in [5.74, 6) is -0.352. The van der Waals surface area contributed by atoms with Gasteiger partial charge in [-0.2, -0.15) is 4.80 Å². The van der Waals surface area contributed by atoms with Crippen LogP contribution in [0, 0.1) is 12.7 Å². The molecule has 0 bridgehead atoms. The lowest BCUT2D eigenvalue weighted by molar-refractivity contribution is -0.128. The van der Waals surface area contributed by atoms with Crippen molar-refractivity contribution in [3.8, 4) is 11.6 Å². The summed E-state index contributed by atoms with van der Waals surface area (Å²) < 4.78 is 20.5. The number of benzene rings is 1. The zero-order valence-electron chi connectivity index (χ0n) is 19.7. The highest BCUT2D eigenvalue weighted by Gasteiger charge is 2.36. The van der Waals surface area contributed by atoms with Crippen LogP contribution in [0.3, 0.4) is 0 Å². The Morgan fingerprint density at radius 2 is 1.94 bits per heavy atom. The molecule has 0 fully saturated rings. The highest BCUT2D eigenvalue weighted by Crippen LogP contribution is 2.33. The van der Waals surface area contributed by atoms with Gasteiger partial charge in [-0.3, -0.25) is 14.5 Å². The van der Waals surface area contributed by atoms with Crippen molar-refractivity contribution in [2.75, 3.05) is 4.90 Å². The number of nitrogens with one attached hydrogen (secondary N) is 1. The molecule has 11 heteroatoms. The molecule has 0 spiro atoms. The van der Waals surface area contributed by atoms with Crippen molar-refractivity contribution in [1.82, 2.24) is 25.5 Å². The van der Waals surface area contributed by atoms with Crippen LogP contribution >= 0.6 is 11.3 Å². The van der Waals surface area contributed by atoms with E-state index in [-0.39, 0.29) is 18.1 Å². The number of carbonyl (C=O) groups excluding carboxylic acids is 2. The number of hydrogen-bond acceptors (Lipinski definition) is 7. The van der Waals surface area contributed by atoms with Gasteiger partial charge in [0, 0.05) is 10.4 Å². The molecule has 35 heavy (non-hydrogen) atoms. The molecular weight excluding hydrogens is 471 g/mol. The van der Waals surface area contributed by atoms with Crippen LogP contribution in [0.4, 0.5) is 10.1 Å². The molecular formula is C24H25FN6O3S. The topological polar surface area (TPSA) is 106 Å². The fraction of sp³-hybridized carbons (Fsp3) is 0.292. The number of furan rings is 1. The molecule has 0 aliphatic carbocycles. The molecule has 3 aromatic heterocycles. The van der Waals surface area contributed by atoms with Crippen molar-refractivity contribution in [2.24, 2.45) is 0 Å². The Bertz CT molecular complexity index is 1320. The first kappa shape index (κ1) is 24.3. The minimum absolute atomic E-state index is 0.0260. The Hall–Kier alpha value is -3.86. The van der Waals surface area contributed by atoms with Gasteiger partial charge in [0.1, 0.15) is 24.2 Å². The maximum Gasteiger partial charge on any atom is 0.251 e. The van der Waals surface area contributed by atoms with E-state index in [1.807, 2.05) is 20.8 Å². The van der Waals surface area contributed by atoms with E-state index in [4.69, 9.17) is 4.42 Å². The summed E-state index contributed by atoms with van der Waals surface area (Å²) in [5.41, 5.74) is -0.595. The quantitative estimate of drug-likeness (QED) is 0.412. The van der Waals surface area contributed by atoms with E-state index in [2.05, 4.69) is 20.7 Å². The van der Waals surface area contributed by atoms with Crippen molar-refractivity contribution in [3.63, 3.8) is 0 Å². The Kier molecular flexibility index (Phi) is 6.79. The Morgan fingerprint density at radius 3 is 2.57 bits per heavy atom. The van der Waals surface area contributed by atoms with E-state index in [1.165, 1.54) is 29.5 Å². The number of nitrogens with zero attached hydrogens (tertiary/aromatic N) is 5. The first-order chi connectivity index (χ1) is 16.6. The molecule has 0 saturated heterocycles. The minimum Gasteiger partial charge on any atom is -0.458 e. The molecule has 1 unspecified atom stereocenters. The lowest BCUT2D eigenvalue weighted by Crippen LogP contribution is -2.50. The molecule has 2 amide bonds. The van der Waals surface area contributed by atoms with Crippen molar-refractivity contribution in [2.45, 2.75) is 45.8 Å². The number of aryl methyl sites for hydroxylation is 1. The summed E-state index contributed by atoms with van der Waals surface area (Å²) in [6.45, 7) is 6.93. The lowest BCUT2D eigenvalue weighted by Gasteiger charge is -2.33. The van der Waals surface area contributed by atoms with E-state index in [0.717, 1.165) is 9.70 Å². The second-order valence-corrected chi connectivity index (χ2v) is 9.91. The first-order valence-electron chi connectivity index (χ1n) is 10.9. The Labute approximate surface area is 205 Å². The average molecular weight is 497 g/mol. The monoisotopic (exact) mass is 496 g/mol. The highest BCUT2D eigenvalue weighted by molar-refractivity contribution is 7.10. The number of para-hydroxylation sites is 1. The largest absolute Gasteiger partial charge is 0.458 e. The van der Waals surface area contributed by atoms with Gasteiger partial charge in [-0.05, 0) is 68.6 Å². The van der Waals surface area contributed by atoms with E-state index in [9.17, 15) is 14.0 Å². The maximum absolute atomic E-state index is 15.0. The van der Waals surface area contributed by atoms with Gasteiger partial charge in [0.25, 0.3) is 5.91 Å². The number of rotatable bonds is 7. The maximum atomic E-state index is 15.0. The standard InChI is InChI=1S/C24H25FN6O3S/c1-15-11-12-18(34-15)22-27-29-30(28-22)14-20(32)31(17-9-6-5-8-16(17)25)21(19-10-7-13-35-19)23(33)26-24(2,3)4/h5-13,21H,14H2,1-4H3,(H,26,33). The number of carbonyl (C=O) groups is 2. The fourth-order valence-corrected chi connectivity index (χ4v) is 4.30. The second kappa shape index (κ2) is 9.79. The molecule has 4 rings (SSSR count). The SMILES string of the molecule is Cc1ccc(-c2nnn(CC(=O)N(c3ccccc3F)C(C(=O)NC(C)(C)C)c3cccs3)n2)o1. The molecule has 3 heterocycles. The summed E-state index contributed by atoms with van der Waals surface area (Å²) in [6, 6.07) is 11.7. The van der Waals surface area contributed by atoms with Gasteiger partial charge in [0.15, 0.2) is 5.76 Å². The molecule has 1 atom stereocenters. The van der Waals surface area contributed by atoms with Crippen molar-refractivity contribution >= 4 is 28.8 Å². The van der Waals surface area contributed by atoms with Gasteiger partial charge in [-0.1, -0.05) is 18.2 Å². The van der Waals surface area contributed by atoms with Gasteiger partial charge < -0.3 is 9.73 Å². The zero-order chi connectivity index (χ0) is 25.2. The minimum atomic E-state index is -1.10. The van der Waals surface area contributed by atoms with Crippen LogP contribution < -0.4 is 10.2 Å². The van der Waals surface area contributed by atoms with Crippen LogP contribution in [0.15, 0.2) is 58.3 Å². The molecule has 0 saturated carbocycles. The summed E-state index contributed by atoms with van der Waals surface area (Å²) in [4.78, 5) is 29.9. The van der Waals surface area contributed by atoms with Gasteiger partial charge in [0.2, 0.25) is 11.7 Å². The van der Waals surface area contributed by atoms with E-state index in [0.29, 0.717) is 16.4 Å². The van der Waals surface area contributed by atoms with E-state index in [1.54, 1.807) is 42.6 Å².